The first-order chi connectivity index (χ1) is 13.1. The van der Waals surface area contributed by atoms with Gasteiger partial charge in [-0.25, -0.2) is 0 Å². The number of methoxy groups -OCH3 is 1. The van der Waals surface area contributed by atoms with Crippen molar-refractivity contribution < 1.29 is 19.1 Å². The number of hydrogen-bond donors (Lipinski definition) is 2. The molecule has 0 saturated heterocycles. The lowest BCUT2D eigenvalue weighted by molar-refractivity contribution is 0.0995. The second kappa shape index (κ2) is 8.05. The van der Waals surface area contributed by atoms with Gasteiger partial charge in [0.25, 0.3) is 5.91 Å². The summed E-state index contributed by atoms with van der Waals surface area (Å²) in [6, 6.07) is 20.4. The number of anilines is 1. The van der Waals surface area contributed by atoms with Crippen LogP contribution in [0.2, 0.25) is 0 Å². The Balaban J connectivity index is 1.66. The van der Waals surface area contributed by atoms with Crippen molar-refractivity contribution in [3.8, 4) is 17.2 Å². The van der Waals surface area contributed by atoms with Gasteiger partial charge in [-0.05, 0) is 60.7 Å². The third-order valence-electron chi connectivity index (χ3n) is 3.84. The van der Waals surface area contributed by atoms with Gasteiger partial charge in [-0.1, -0.05) is 12.1 Å². The van der Waals surface area contributed by atoms with Crippen LogP contribution in [0.15, 0.2) is 72.8 Å². The first-order valence-electron chi connectivity index (χ1n) is 8.19. The maximum atomic E-state index is 12.3. The highest BCUT2D eigenvalue weighted by Crippen LogP contribution is 2.31. The van der Waals surface area contributed by atoms with Crippen LogP contribution in [0, 0.1) is 0 Å². The van der Waals surface area contributed by atoms with Crippen LogP contribution in [0.5, 0.6) is 17.2 Å². The van der Waals surface area contributed by atoms with Crippen molar-refractivity contribution in [3.05, 3.63) is 83.9 Å². The molecule has 0 aliphatic rings. The normalized spacial score (nSPS) is 10.1. The van der Waals surface area contributed by atoms with Gasteiger partial charge >= 0.3 is 0 Å². The topological polar surface area (TPSA) is 90.7 Å². The Kier molecular flexibility index (Phi) is 5.37. The Morgan fingerprint density at radius 1 is 0.815 bits per heavy atom. The van der Waals surface area contributed by atoms with E-state index < -0.39 is 5.91 Å². The summed E-state index contributed by atoms with van der Waals surface area (Å²) in [5.41, 5.74) is 6.59. The van der Waals surface area contributed by atoms with Crippen molar-refractivity contribution in [3.63, 3.8) is 0 Å². The number of ether oxygens (including phenoxy) is 2. The van der Waals surface area contributed by atoms with Crippen LogP contribution in [-0.2, 0) is 0 Å². The molecule has 136 valence electrons. The summed E-state index contributed by atoms with van der Waals surface area (Å²) in [6.07, 6.45) is 0. The van der Waals surface area contributed by atoms with Crippen LogP contribution in [0.25, 0.3) is 0 Å². The number of carbonyl (C=O) groups is 2. The average molecular weight is 362 g/mol. The largest absolute Gasteiger partial charge is 0.493 e. The Bertz CT molecular complexity index is 951. The van der Waals surface area contributed by atoms with Crippen LogP contribution >= 0.6 is 0 Å². The highest BCUT2D eigenvalue weighted by molar-refractivity contribution is 6.05. The number of benzene rings is 3. The van der Waals surface area contributed by atoms with E-state index in [1.807, 2.05) is 24.3 Å². The molecular formula is C21H18N2O4. The molecule has 0 heterocycles. The fraction of sp³-hybridized carbons (Fsp3) is 0.0476. The minimum Gasteiger partial charge on any atom is -0.493 e. The SMILES string of the molecule is COc1ccccc1Oc1ccc(NC(=O)c2ccc(C(N)=O)cc2)cc1. The van der Waals surface area contributed by atoms with E-state index in [0.717, 1.165) is 0 Å². The molecule has 27 heavy (non-hydrogen) atoms. The summed E-state index contributed by atoms with van der Waals surface area (Å²) in [5, 5.41) is 2.79. The van der Waals surface area contributed by atoms with E-state index in [2.05, 4.69) is 5.32 Å². The van der Waals surface area contributed by atoms with Gasteiger partial charge in [0.05, 0.1) is 7.11 Å². The quantitative estimate of drug-likeness (QED) is 0.697. The van der Waals surface area contributed by atoms with Gasteiger partial charge in [-0.3, -0.25) is 9.59 Å². The summed E-state index contributed by atoms with van der Waals surface area (Å²) in [5.74, 6) is 1.03. The van der Waals surface area contributed by atoms with Gasteiger partial charge in [-0.2, -0.15) is 0 Å². The summed E-state index contributed by atoms with van der Waals surface area (Å²) in [6.45, 7) is 0. The Hall–Kier alpha value is -3.80. The molecule has 0 atom stereocenters. The fourth-order valence-electron chi connectivity index (χ4n) is 2.43. The van der Waals surface area contributed by atoms with Crippen molar-refractivity contribution in [2.45, 2.75) is 0 Å². The molecule has 3 aromatic rings. The lowest BCUT2D eigenvalue weighted by atomic mass is 10.1. The smallest absolute Gasteiger partial charge is 0.255 e. The molecule has 0 spiro atoms. The standard InChI is InChI=1S/C21H18N2O4/c1-26-18-4-2-3-5-19(18)27-17-12-10-16(11-13-17)23-21(25)15-8-6-14(7-9-15)20(22)24/h2-13H,1H3,(H2,22,24)(H,23,25). The van der Waals surface area contributed by atoms with E-state index in [4.69, 9.17) is 15.2 Å². The summed E-state index contributed by atoms with van der Waals surface area (Å²) in [4.78, 5) is 23.4. The average Bonchev–Trinajstić information content (AvgIpc) is 2.70. The minimum atomic E-state index is -0.535. The molecule has 0 aliphatic carbocycles. The number of nitrogens with one attached hydrogen (secondary N) is 1. The van der Waals surface area contributed by atoms with E-state index in [1.54, 1.807) is 43.5 Å². The molecule has 6 heteroatoms. The molecule has 2 amide bonds. The molecule has 0 unspecified atom stereocenters. The molecule has 0 fully saturated rings. The van der Waals surface area contributed by atoms with Gasteiger partial charge in [0.2, 0.25) is 5.91 Å². The number of carbonyl (C=O) groups excluding carboxylic acids is 2. The van der Waals surface area contributed by atoms with Crippen LogP contribution in [0.4, 0.5) is 5.69 Å². The van der Waals surface area contributed by atoms with Crippen LogP contribution in [-0.4, -0.2) is 18.9 Å². The summed E-state index contributed by atoms with van der Waals surface area (Å²) in [7, 11) is 1.58. The second-order valence-corrected chi connectivity index (χ2v) is 5.67. The molecule has 6 nitrogen and oxygen atoms in total. The molecule has 3 rings (SSSR count). The number of rotatable bonds is 6. The predicted octanol–water partition coefficient (Wildman–Crippen LogP) is 3.84. The van der Waals surface area contributed by atoms with Crippen LogP contribution in [0.3, 0.4) is 0 Å². The third-order valence-corrected chi connectivity index (χ3v) is 3.84. The molecular weight excluding hydrogens is 344 g/mol. The Labute approximate surface area is 156 Å². The number of amides is 2. The molecule has 3 N–H and O–H groups in total. The Morgan fingerprint density at radius 2 is 1.41 bits per heavy atom. The number of primary amides is 1. The van der Waals surface area contributed by atoms with E-state index in [-0.39, 0.29) is 5.91 Å². The number of para-hydroxylation sites is 2. The minimum absolute atomic E-state index is 0.288. The molecule has 0 radical (unpaired) electrons. The lowest BCUT2D eigenvalue weighted by Gasteiger charge is -2.11. The zero-order chi connectivity index (χ0) is 19.2. The highest BCUT2D eigenvalue weighted by atomic mass is 16.5. The zero-order valence-electron chi connectivity index (χ0n) is 14.6. The number of hydrogen-bond acceptors (Lipinski definition) is 4. The van der Waals surface area contributed by atoms with Crippen molar-refractivity contribution in [1.82, 2.24) is 0 Å². The molecule has 0 bridgehead atoms. The van der Waals surface area contributed by atoms with Gasteiger partial charge in [0.1, 0.15) is 5.75 Å². The van der Waals surface area contributed by atoms with Crippen molar-refractivity contribution in [2.24, 2.45) is 5.73 Å². The molecule has 0 aliphatic heterocycles. The monoisotopic (exact) mass is 362 g/mol. The first-order valence-corrected chi connectivity index (χ1v) is 8.19. The van der Waals surface area contributed by atoms with E-state index in [0.29, 0.717) is 34.1 Å². The van der Waals surface area contributed by atoms with Crippen molar-refractivity contribution >= 4 is 17.5 Å². The predicted molar refractivity (Wildman–Crippen MR) is 102 cm³/mol. The molecule has 0 aromatic heterocycles. The second-order valence-electron chi connectivity index (χ2n) is 5.67. The number of nitrogens with two attached hydrogens (primary N) is 1. The summed E-state index contributed by atoms with van der Waals surface area (Å²) < 4.78 is 11.1. The van der Waals surface area contributed by atoms with E-state index >= 15 is 0 Å². The highest BCUT2D eigenvalue weighted by Gasteiger charge is 2.08. The maximum Gasteiger partial charge on any atom is 0.255 e. The third kappa shape index (κ3) is 4.43. The Morgan fingerprint density at radius 3 is 2.00 bits per heavy atom. The van der Waals surface area contributed by atoms with Crippen LogP contribution in [0.1, 0.15) is 20.7 Å². The van der Waals surface area contributed by atoms with Gasteiger partial charge in [-0.15, -0.1) is 0 Å². The zero-order valence-corrected chi connectivity index (χ0v) is 14.6. The lowest BCUT2D eigenvalue weighted by Crippen LogP contribution is -2.14. The van der Waals surface area contributed by atoms with Gasteiger partial charge < -0.3 is 20.5 Å². The van der Waals surface area contributed by atoms with Gasteiger partial charge in [0.15, 0.2) is 11.5 Å². The first kappa shape index (κ1) is 18.0. The molecule has 3 aromatic carbocycles. The fourth-order valence-corrected chi connectivity index (χ4v) is 2.43. The van der Waals surface area contributed by atoms with Crippen molar-refractivity contribution in [1.29, 1.82) is 0 Å². The van der Waals surface area contributed by atoms with Gasteiger partial charge in [0, 0.05) is 16.8 Å². The van der Waals surface area contributed by atoms with E-state index in [1.165, 1.54) is 12.1 Å². The van der Waals surface area contributed by atoms with E-state index in [9.17, 15) is 9.59 Å². The van der Waals surface area contributed by atoms with Crippen molar-refractivity contribution in [2.75, 3.05) is 12.4 Å². The summed E-state index contributed by atoms with van der Waals surface area (Å²) >= 11 is 0. The van der Waals surface area contributed by atoms with Crippen LogP contribution < -0.4 is 20.5 Å². The maximum absolute atomic E-state index is 12.3. The molecule has 0 saturated carbocycles.